The molecule has 0 amide bonds. The minimum absolute atomic E-state index is 0.0853. The van der Waals surface area contributed by atoms with E-state index in [4.69, 9.17) is 11.6 Å². The summed E-state index contributed by atoms with van der Waals surface area (Å²) in [5, 5.41) is 23.3. The third-order valence-corrected chi connectivity index (χ3v) is 6.83. The Labute approximate surface area is 178 Å². The summed E-state index contributed by atoms with van der Waals surface area (Å²) in [7, 11) is 0. The average molecular weight is 518 g/mol. The Balaban J connectivity index is 1.66. The first-order chi connectivity index (χ1) is 12.9. The van der Waals surface area contributed by atoms with Crippen molar-refractivity contribution in [3.63, 3.8) is 0 Å². The van der Waals surface area contributed by atoms with E-state index in [-0.39, 0.29) is 15.9 Å². The van der Waals surface area contributed by atoms with Crippen LogP contribution in [0.3, 0.4) is 0 Å². The first-order valence-corrected chi connectivity index (χ1v) is 10.7. The van der Waals surface area contributed by atoms with E-state index in [2.05, 4.69) is 48.9 Å². The third-order valence-electron chi connectivity index (χ3n) is 4.49. The van der Waals surface area contributed by atoms with Gasteiger partial charge in [-0.15, -0.1) is 11.8 Å². The van der Waals surface area contributed by atoms with Gasteiger partial charge < -0.3 is 15.5 Å². The summed E-state index contributed by atoms with van der Waals surface area (Å²) in [5.74, 6) is 0.536. The highest BCUT2D eigenvalue weighted by Crippen LogP contribution is 2.43. The monoisotopic (exact) mass is 517 g/mol. The molecule has 4 unspecified atom stereocenters. The van der Waals surface area contributed by atoms with Gasteiger partial charge in [-0.1, -0.05) is 19.1 Å². The van der Waals surface area contributed by atoms with Crippen LogP contribution in [0, 0.1) is 3.57 Å². The molecule has 0 aliphatic carbocycles. The Kier molecular flexibility index (Phi) is 5.48. The molecule has 1 aliphatic heterocycles. The van der Waals surface area contributed by atoms with Crippen LogP contribution in [0.25, 0.3) is 11.2 Å². The van der Waals surface area contributed by atoms with Gasteiger partial charge in [0.25, 0.3) is 0 Å². The topological polar surface area (TPSA) is 96.1 Å². The van der Waals surface area contributed by atoms with Gasteiger partial charge in [-0.25, -0.2) is 4.98 Å². The van der Waals surface area contributed by atoms with Gasteiger partial charge in [0, 0.05) is 15.4 Å². The van der Waals surface area contributed by atoms with Crippen LogP contribution in [0.4, 0.5) is 5.82 Å². The van der Waals surface area contributed by atoms with Crippen LogP contribution in [-0.2, 0) is 6.54 Å². The summed E-state index contributed by atoms with van der Waals surface area (Å²) in [6.07, 6.45) is -0.0929. The molecule has 1 aromatic carbocycles. The lowest BCUT2D eigenvalue weighted by Crippen LogP contribution is -2.30. The van der Waals surface area contributed by atoms with Crippen LogP contribution in [0.15, 0.2) is 30.6 Å². The molecule has 2 aromatic heterocycles. The molecule has 0 radical (unpaired) electrons. The number of fused-ring (bicyclic) bond motifs is 1. The second-order valence-electron chi connectivity index (χ2n) is 6.36. The number of nitrogens with one attached hydrogen (secondary N) is 1. The fourth-order valence-corrected chi connectivity index (χ4v) is 5.23. The summed E-state index contributed by atoms with van der Waals surface area (Å²) < 4.78 is 2.91. The molecule has 3 N–H and O–H groups in total. The Morgan fingerprint density at radius 2 is 2.11 bits per heavy atom. The number of aliphatic hydroxyl groups is 2. The zero-order valence-corrected chi connectivity index (χ0v) is 18.0. The molecule has 7 nitrogen and oxygen atoms in total. The number of rotatable bonds is 4. The predicted octanol–water partition coefficient (Wildman–Crippen LogP) is 3.05. The molecule has 1 aliphatic rings. The van der Waals surface area contributed by atoms with E-state index in [9.17, 15) is 10.2 Å². The molecule has 4 atom stereocenters. The summed E-state index contributed by atoms with van der Waals surface area (Å²) >= 11 is 9.89. The lowest BCUT2D eigenvalue weighted by molar-refractivity contribution is 0.0206. The molecule has 1 saturated heterocycles. The first kappa shape index (κ1) is 19.2. The van der Waals surface area contributed by atoms with E-state index in [1.54, 1.807) is 10.9 Å². The molecular formula is C17H17ClIN5O2S. The molecule has 3 heterocycles. The van der Waals surface area contributed by atoms with Gasteiger partial charge in [0.05, 0.1) is 12.4 Å². The van der Waals surface area contributed by atoms with Crippen molar-refractivity contribution in [3.05, 3.63) is 45.0 Å². The number of aliphatic hydroxyl groups excluding tert-OH is 2. The van der Waals surface area contributed by atoms with Gasteiger partial charge in [0.15, 0.2) is 17.0 Å². The molecule has 10 heteroatoms. The van der Waals surface area contributed by atoms with Crippen LogP contribution in [-0.4, -0.2) is 47.2 Å². The number of hydrogen-bond donors (Lipinski definition) is 3. The maximum Gasteiger partial charge on any atom is 0.226 e. The molecule has 1 fully saturated rings. The number of aromatic nitrogens is 4. The Morgan fingerprint density at radius 1 is 1.30 bits per heavy atom. The molecule has 0 spiro atoms. The highest BCUT2D eigenvalue weighted by atomic mass is 127. The van der Waals surface area contributed by atoms with Crippen LogP contribution in [0.5, 0.6) is 0 Å². The van der Waals surface area contributed by atoms with Gasteiger partial charge in [0.2, 0.25) is 5.28 Å². The maximum atomic E-state index is 10.4. The Bertz CT molecular complexity index is 987. The lowest BCUT2D eigenvalue weighted by atomic mass is 10.1. The van der Waals surface area contributed by atoms with Crippen molar-refractivity contribution in [3.8, 4) is 0 Å². The third kappa shape index (κ3) is 3.75. The quantitative estimate of drug-likeness (QED) is 0.362. The minimum atomic E-state index is -0.904. The van der Waals surface area contributed by atoms with Crippen molar-refractivity contribution in [2.45, 2.75) is 36.3 Å². The number of nitrogens with zero attached hydrogens (tertiary/aromatic N) is 4. The number of thioether (sulfide) groups is 1. The van der Waals surface area contributed by atoms with Gasteiger partial charge in [0.1, 0.15) is 11.5 Å². The van der Waals surface area contributed by atoms with Crippen LogP contribution < -0.4 is 5.32 Å². The largest absolute Gasteiger partial charge is 0.389 e. The minimum Gasteiger partial charge on any atom is -0.389 e. The van der Waals surface area contributed by atoms with E-state index >= 15 is 0 Å². The van der Waals surface area contributed by atoms with Gasteiger partial charge >= 0.3 is 0 Å². The number of halogens is 2. The highest BCUT2D eigenvalue weighted by molar-refractivity contribution is 14.1. The molecule has 142 valence electrons. The number of anilines is 1. The van der Waals surface area contributed by atoms with E-state index in [1.807, 2.05) is 25.1 Å². The molecule has 0 saturated carbocycles. The van der Waals surface area contributed by atoms with Crippen LogP contribution >= 0.6 is 46.0 Å². The molecule has 3 aromatic rings. The van der Waals surface area contributed by atoms with Crippen LogP contribution in [0.2, 0.25) is 5.28 Å². The smallest absolute Gasteiger partial charge is 0.226 e. The molecule has 0 bridgehead atoms. The Hall–Kier alpha value is -1.14. The first-order valence-electron chi connectivity index (χ1n) is 8.34. The van der Waals surface area contributed by atoms with Crippen molar-refractivity contribution in [1.82, 2.24) is 19.5 Å². The van der Waals surface area contributed by atoms with Crippen molar-refractivity contribution in [2.24, 2.45) is 0 Å². The van der Waals surface area contributed by atoms with Gasteiger partial charge in [-0.2, -0.15) is 9.97 Å². The zero-order valence-electron chi connectivity index (χ0n) is 14.3. The molecule has 4 rings (SSSR count). The summed E-state index contributed by atoms with van der Waals surface area (Å²) in [4.78, 5) is 13.0. The van der Waals surface area contributed by atoms with E-state index in [1.165, 1.54) is 11.8 Å². The highest BCUT2D eigenvalue weighted by Gasteiger charge is 2.41. The number of benzene rings is 1. The average Bonchev–Trinajstić information content (AvgIpc) is 3.16. The van der Waals surface area contributed by atoms with Gasteiger partial charge in [-0.05, 0) is 51.9 Å². The predicted molar refractivity (Wildman–Crippen MR) is 115 cm³/mol. The van der Waals surface area contributed by atoms with Crippen LogP contribution in [0.1, 0.15) is 17.9 Å². The Morgan fingerprint density at radius 3 is 2.81 bits per heavy atom. The second kappa shape index (κ2) is 7.70. The lowest BCUT2D eigenvalue weighted by Gasteiger charge is -2.17. The SMILES string of the molecule is CC1SC(n2cnc3c(NCc4cccc(I)c4)nc(Cl)nc32)C(O)C1O. The van der Waals surface area contributed by atoms with Crippen molar-refractivity contribution < 1.29 is 10.2 Å². The summed E-state index contributed by atoms with van der Waals surface area (Å²) in [6, 6.07) is 8.15. The number of hydrogen-bond acceptors (Lipinski definition) is 7. The van der Waals surface area contributed by atoms with E-state index in [0.29, 0.717) is 23.5 Å². The summed E-state index contributed by atoms with van der Waals surface area (Å²) in [6.45, 7) is 2.45. The van der Waals surface area contributed by atoms with Gasteiger partial charge in [-0.3, -0.25) is 4.57 Å². The fraction of sp³-hybridized carbons (Fsp3) is 0.353. The second-order valence-corrected chi connectivity index (χ2v) is 9.44. The fourth-order valence-electron chi connectivity index (χ4n) is 3.09. The van der Waals surface area contributed by atoms with Crippen molar-refractivity contribution in [1.29, 1.82) is 0 Å². The molecular weight excluding hydrogens is 501 g/mol. The normalized spacial score (nSPS) is 25.2. The van der Waals surface area contributed by atoms with Crippen molar-refractivity contribution >= 4 is 62.9 Å². The molecule has 27 heavy (non-hydrogen) atoms. The van der Waals surface area contributed by atoms with E-state index < -0.39 is 12.2 Å². The summed E-state index contributed by atoms with van der Waals surface area (Å²) in [5.41, 5.74) is 2.22. The standard InChI is InChI=1S/C17H17ClIN5O2S/c1-8-12(25)13(26)16(27-8)24-7-21-11-14(22-17(18)23-15(11)24)20-6-9-3-2-4-10(19)5-9/h2-5,7-8,12-13,16,25-26H,6H2,1H3,(H,20,22,23). The maximum absolute atomic E-state index is 10.4. The van der Waals surface area contributed by atoms with Crippen molar-refractivity contribution in [2.75, 3.05) is 5.32 Å². The zero-order chi connectivity index (χ0) is 19.1. The number of imidazole rings is 1. The van der Waals surface area contributed by atoms with E-state index in [0.717, 1.165) is 9.13 Å².